The molecule has 1 aromatic heterocycles. The number of aliphatic carboxylic acids is 1. The number of carbonyl (C=O) groups is 2. The molecule has 1 aliphatic rings. The molecule has 1 heterocycles. The third kappa shape index (κ3) is 2.84. The third-order valence-corrected chi connectivity index (χ3v) is 4.00. The fourth-order valence-corrected chi connectivity index (χ4v) is 2.58. The highest BCUT2D eigenvalue weighted by Crippen LogP contribution is 2.38. The van der Waals surface area contributed by atoms with Gasteiger partial charge in [0.15, 0.2) is 0 Å². The first-order valence-corrected chi connectivity index (χ1v) is 6.83. The van der Waals surface area contributed by atoms with Crippen LogP contribution in [0, 0.1) is 25.7 Å². The molecule has 0 radical (unpaired) electrons. The maximum Gasteiger partial charge on any atom is 0.307 e. The van der Waals surface area contributed by atoms with E-state index in [1.54, 1.807) is 0 Å². The Morgan fingerprint density at radius 2 is 2.10 bits per heavy atom. The zero-order valence-electron chi connectivity index (χ0n) is 12.3. The summed E-state index contributed by atoms with van der Waals surface area (Å²) < 4.78 is 1.83. The van der Waals surface area contributed by atoms with Crippen molar-refractivity contribution in [1.29, 1.82) is 0 Å². The number of nitrogens with one attached hydrogen (secondary N) is 1. The molecular formula is C14H21N3O3. The summed E-state index contributed by atoms with van der Waals surface area (Å²) in [5.41, 5.74) is 3.21. The van der Waals surface area contributed by atoms with E-state index in [-0.39, 0.29) is 17.9 Å². The molecule has 6 heteroatoms. The minimum absolute atomic E-state index is 0.0286. The molecule has 0 saturated heterocycles. The van der Waals surface area contributed by atoms with Crippen molar-refractivity contribution in [3.63, 3.8) is 0 Å². The van der Waals surface area contributed by atoms with Crippen molar-refractivity contribution < 1.29 is 14.7 Å². The SMILES string of the molecule is Cc1nn(C)c(C)c1C[C@H](C)NC(=O)[C@@H]1C[C@@H]1C(=O)O. The predicted octanol–water partition coefficient (Wildman–Crippen LogP) is 0.805. The van der Waals surface area contributed by atoms with Crippen molar-refractivity contribution in [3.8, 4) is 0 Å². The number of nitrogens with zero attached hydrogens (tertiary/aromatic N) is 2. The van der Waals surface area contributed by atoms with Gasteiger partial charge in [0.2, 0.25) is 5.91 Å². The minimum Gasteiger partial charge on any atom is -0.481 e. The van der Waals surface area contributed by atoms with Crippen LogP contribution >= 0.6 is 0 Å². The van der Waals surface area contributed by atoms with Gasteiger partial charge in [0.1, 0.15) is 0 Å². The van der Waals surface area contributed by atoms with Crippen LogP contribution in [-0.2, 0) is 23.1 Å². The maximum absolute atomic E-state index is 11.9. The number of aromatic nitrogens is 2. The first kappa shape index (κ1) is 14.6. The van der Waals surface area contributed by atoms with Crippen LogP contribution in [0.25, 0.3) is 0 Å². The molecule has 6 nitrogen and oxygen atoms in total. The van der Waals surface area contributed by atoms with Gasteiger partial charge in [-0.25, -0.2) is 0 Å². The van der Waals surface area contributed by atoms with Crippen LogP contribution in [0.15, 0.2) is 0 Å². The summed E-state index contributed by atoms with van der Waals surface area (Å²) in [6.07, 6.45) is 1.17. The zero-order valence-corrected chi connectivity index (χ0v) is 12.3. The normalized spacial score (nSPS) is 22.4. The first-order valence-electron chi connectivity index (χ1n) is 6.83. The second kappa shape index (κ2) is 5.26. The fraction of sp³-hybridized carbons (Fsp3) is 0.643. The molecule has 1 amide bonds. The highest BCUT2D eigenvalue weighted by molar-refractivity contribution is 5.89. The number of carboxylic acid groups (broad SMARTS) is 1. The average Bonchev–Trinajstić information content (AvgIpc) is 3.10. The molecule has 1 aliphatic carbocycles. The molecule has 20 heavy (non-hydrogen) atoms. The average molecular weight is 279 g/mol. The Labute approximate surface area is 118 Å². The number of hydrogen-bond acceptors (Lipinski definition) is 3. The maximum atomic E-state index is 11.9. The van der Waals surface area contributed by atoms with Gasteiger partial charge in [-0.05, 0) is 39.2 Å². The van der Waals surface area contributed by atoms with Gasteiger partial charge in [-0.3, -0.25) is 14.3 Å². The van der Waals surface area contributed by atoms with Crippen LogP contribution in [0.4, 0.5) is 0 Å². The van der Waals surface area contributed by atoms with E-state index in [4.69, 9.17) is 5.11 Å². The van der Waals surface area contributed by atoms with Gasteiger partial charge < -0.3 is 10.4 Å². The van der Waals surface area contributed by atoms with E-state index in [1.807, 2.05) is 32.5 Å². The van der Waals surface area contributed by atoms with Gasteiger partial charge in [0.05, 0.1) is 17.5 Å². The van der Waals surface area contributed by atoms with Gasteiger partial charge in [0, 0.05) is 18.8 Å². The van der Waals surface area contributed by atoms with E-state index < -0.39 is 11.9 Å². The van der Waals surface area contributed by atoms with E-state index >= 15 is 0 Å². The van der Waals surface area contributed by atoms with Crippen LogP contribution in [-0.4, -0.2) is 32.8 Å². The van der Waals surface area contributed by atoms with Crippen molar-refractivity contribution in [2.24, 2.45) is 18.9 Å². The Balaban J connectivity index is 1.91. The molecule has 2 rings (SSSR count). The Morgan fingerprint density at radius 1 is 1.45 bits per heavy atom. The van der Waals surface area contributed by atoms with E-state index in [0.29, 0.717) is 12.8 Å². The van der Waals surface area contributed by atoms with E-state index in [2.05, 4.69) is 10.4 Å². The van der Waals surface area contributed by atoms with Crippen molar-refractivity contribution in [2.45, 2.75) is 39.7 Å². The van der Waals surface area contributed by atoms with Crippen LogP contribution in [0.5, 0.6) is 0 Å². The van der Waals surface area contributed by atoms with Gasteiger partial charge in [-0.2, -0.15) is 5.10 Å². The molecule has 0 aliphatic heterocycles. The van der Waals surface area contributed by atoms with E-state index in [0.717, 1.165) is 17.0 Å². The number of rotatable bonds is 5. The molecule has 110 valence electrons. The number of hydrogen-bond donors (Lipinski definition) is 2. The summed E-state index contributed by atoms with van der Waals surface area (Å²) in [7, 11) is 1.90. The summed E-state index contributed by atoms with van der Waals surface area (Å²) in [5, 5.41) is 16.1. The first-order chi connectivity index (χ1) is 9.31. The Morgan fingerprint density at radius 3 is 2.55 bits per heavy atom. The highest BCUT2D eigenvalue weighted by atomic mass is 16.4. The van der Waals surface area contributed by atoms with Crippen molar-refractivity contribution >= 4 is 11.9 Å². The van der Waals surface area contributed by atoms with Crippen LogP contribution in [0.1, 0.15) is 30.3 Å². The Bertz CT molecular complexity index is 550. The van der Waals surface area contributed by atoms with E-state index in [1.165, 1.54) is 0 Å². The summed E-state index contributed by atoms with van der Waals surface area (Å²) >= 11 is 0. The lowest BCUT2D eigenvalue weighted by atomic mass is 10.1. The summed E-state index contributed by atoms with van der Waals surface area (Å²) in [5.74, 6) is -1.88. The van der Waals surface area contributed by atoms with Gasteiger partial charge in [0.25, 0.3) is 0 Å². The topological polar surface area (TPSA) is 84.2 Å². The molecule has 0 unspecified atom stereocenters. The van der Waals surface area contributed by atoms with Crippen LogP contribution in [0.2, 0.25) is 0 Å². The lowest BCUT2D eigenvalue weighted by Gasteiger charge is -2.14. The molecule has 1 aromatic rings. The van der Waals surface area contributed by atoms with Crippen molar-refractivity contribution in [1.82, 2.24) is 15.1 Å². The number of carboxylic acids is 1. The van der Waals surface area contributed by atoms with Gasteiger partial charge in [-0.1, -0.05) is 0 Å². The van der Waals surface area contributed by atoms with Crippen molar-refractivity contribution in [3.05, 3.63) is 17.0 Å². The second-order valence-electron chi connectivity index (χ2n) is 5.67. The lowest BCUT2D eigenvalue weighted by Crippen LogP contribution is -2.36. The summed E-state index contributed by atoms with van der Waals surface area (Å²) in [6.45, 7) is 5.89. The molecule has 0 bridgehead atoms. The van der Waals surface area contributed by atoms with E-state index in [9.17, 15) is 9.59 Å². The molecule has 0 aromatic carbocycles. The molecular weight excluding hydrogens is 258 g/mol. The largest absolute Gasteiger partial charge is 0.481 e. The molecule has 1 saturated carbocycles. The van der Waals surface area contributed by atoms with Crippen LogP contribution < -0.4 is 5.32 Å². The minimum atomic E-state index is -0.878. The smallest absolute Gasteiger partial charge is 0.307 e. The highest BCUT2D eigenvalue weighted by Gasteiger charge is 2.48. The third-order valence-electron chi connectivity index (χ3n) is 4.00. The quantitative estimate of drug-likeness (QED) is 0.835. The standard InChI is InChI=1S/C14H21N3O3/c1-7(5-10-8(2)16-17(4)9(10)3)15-13(18)11-6-12(11)14(19)20/h7,11-12H,5-6H2,1-4H3,(H,15,18)(H,19,20)/t7-,11+,12-/m0/s1. The summed E-state index contributed by atoms with van der Waals surface area (Å²) in [4.78, 5) is 22.7. The monoisotopic (exact) mass is 279 g/mol. The second-order valence-corrected chi connectivity index (χ2v) is 5.67. The number of amides is 1. The molecule has 0 spiro atoms. The molecule has 1 fully saturated rings. The fourth-order valence-electron chi connectivity index (χ4n) is 2.58. The molecule has 3 atom stereocenters. The van der Waals surface area contributed by atoms with Crippen molar-refractivity contribution in [2.75, 3.05) is 0 Å². The number of carbonyl (C=O) groups excluding carboxylic acids is 1. The number of aryl methyl sites for hydroxylation is 2. The Kier molecular flexibility index (Phi) is 3.83. The van der Waals surface area contributed by atoms with Crippen LogP contribution in [0.3, 0.4) is 0 Å². The Hall–Kier alpha value is -1.85. The zero-order chi connectivity index (χ0) is 15.0. The lowest BCUT2D eigenvalue weighted by molar-refractivity contribution is -0.140. The summed E-state index contributed by atoms with van der Waals surface area (Å²) in [6, 6.07) is -0.0286. The molecule has 2 N–H and O–H groups in total. The van der Waals surface area contributed by atoms with Gasteiger partial charge in [-0.15, -0.1) is 0 Å². The predicted molar refractivity (Wildman–Crippen MR) is 73.2 cm³/mol. The van der Waals surface area contributed by atoms with Gasteiger partial charge >= 0.3 is 5.97 Å².